The van der Waals surface area contributed by atoms with Crippen molar-refractivity contribution in [3.63, 3.8) is 0 Å². The van der Waals surface area contributed by atoms with Gasteiger partial charge in [-0.2, -0.15) is 0 Å². The molecule has 0 saturated heterocycles. The number of rotatable bonds is 24. The monoisotopic (exact) mass is 693 g/mol. The van der Waals surface area contributed by atoms with E-state index in [1.165, 1.54) is 0 Å². The molecule has 0 aromatic heterocycles. The molecule has 0 aromatic rings. The number of aliphatic hydroxyl groups excluding tert-OH is 1. The number of amides is 5. The van der Waals surface area contributed by atoms with E-state index in [-0.39, 0.29) is 19.4 Å². The molecule has 23 nitrogen and oxygen atoms in total. The van der Waals surface area contributed by atoms with Crippen LogP contribution in [0.5, 0.6) is 0 Å². The highest BCUT2D eigenvalue weighted by Gasteiger charge is 2.35. The fourth-order valence-corrected chi connectivity index (χ4v) is 3.74. The van der Waals surface area contributed by atoms with Crippen LogP contribution in [0.1, 0.15) is 44.9 Å². The molecule has 0 saturated carbocycles. The second kappa shape index (κ2) is 21.4. The second-order valence-corrected chi connectivity index (χ2v) is 10.1. The molecule has 0 rings (SSSR count). The zero-order valence-electron chi connectivity index (χ0n) is 25.2. The third kappa shape index (κ3) is 16.8. The topological polar surface area (TPSA) is 404 Å². The van der Waals surface area contributed by atoms with E-state index in [1.54, 1.807) is 0 Å². The summed E-state index contributed by atoms with van der Waals surface area (Å²) in [5.74, 6) is -15.2. The first kappa shape index (κ1) is 42.6. The predicted molar refractivity (Wildman–Crippen MR) is 154 cm³/mol. The lowest BCUT2D eigenvalue weighted by Gasteiger charge is -2.25. The highest BCUT2D eigenvalue weighted by molar-refractivity contribution is 5.99. The van der Waals surface area contributed by atoms with Crippen LogP contribution >= 0.6 is 0 Å². The molecule has 0 heterocycles. The van der Waals surface area contributed by atoms with E-state index < -0.39 is 128 Å². The van der Waals surface area contributed by atoms with Crippen LogP contribution in [0, 0.1) is 0 Å². The molecule has 0 radical (unpaired) electrons. The first-order valence-electron chi connectivity index (χ1n) is 14.0. The molecule has 5 amide bonds. The molecule has 0 spiro atoms. The lowest BCUT2D eigenvalue weighted by atomic mass is 10.1. The van der Waals surface area contributed by atoms with Crippen LogP contribution in [0.4, 0.5) is 0 Å². The summed E-state index contributed by atoms with van der Waals surface area (Å²) in [4.78, 5) is 121. The van der Waals surface area contributed by atoms with E-state index in [4.69, 9.17) is 21.7 Å². The van der Waals surface area contributed by atoms with Gasteiger partial charge in [-0.15, -0.1) is 0 Å². The standard InChI is InChI=1S/C25H39N7O16/c26-4-2-1-3-11(25(47)48)28-21(43)13(6-17(36)37)30-23(45)15(8-19(40)41)32-24(46)14(7-18(38)39)31-22(44)12(5-16(34)35)29-20(42)10(27)9-33/h10-15,33H,1-9,26-27H2,(H,28,43)(H,29,42)(H,30,45)(H,31,44)(H,32,46)(H,34,35)(H,36,37)(H,38,39)(H,40,41)(H,47,48)/t10-,11-,12-,13-,14-,15-/m0/s1. The number of nitrogens with one attached hydrogen (secondary N) is 5. The van der Waals surface area contributed by atoms with Crippen LogP contribution in [0.25, 0.3) is 0 Å². The Kier molecular flexibility index (Phi) is 19.0. The first-order chi connectivity index (χ1) is 22.3. The van der Waals surface area contributed by atoms with Gasteiger partial charge in [0.05, 0.1) is 32.3 Å². The van der Waals surface area contributed by atoms with E-state index >= 15 is 0 Å². The van der Waals surface area contributed by atoms with Gasteiger partial charge >= 0.3 is 29.8 Å². The Bertz CT molecular complexity index is 1230. The minimum Gasteiger partial charge on any atom is -0.481 e. The Morgan fingerprint density at radius 1 is 0.479 bits per heavy atom. The molecule has 0 unspecified atom stereocenters. The SMILES string of the molecule is NCCCC[C@H](NC(=O)[C@H](CC(=O)O)NC(=O)[C@H](CC(=O)O)NC(=O)[C@H](CC(=O)O)NC(=O)[C@H](CC(=O)O)NC(=O)[C@@H](N)CO)C(=O)O. The molecule has 6 atom stereocenters. The Morgan fingerprint density at radius 2 is 0.771 bits per heavy atom. The summed E-state index contributed by atoms with van der Waals surface area (Å²) in [6.45, 7) is -0.696. The van der Waals surface area contributed by atoms with E-state index in [2.05, 4.69) is 0 Å². The molecule has 48 heavy (non-hydrogen) atoms. The molecule has 0 aliphatic rings. The average Bonchev–Trinajstić information content (AvgIpc) is 2.97. The van der Waals surface area contributed by atoms with Gasteiger partial charge in [0, 0.05) is 0 Å². The quantitative estimate of drug-likeness (QED) is 0.0418. The van der Waals surface area contributed by atoms with Crippen molar-refractivity contribution in [2.45, 2.75) is 81.2 Å². The van der Waals surface area contributed by atoms with Crippen molar-refractivity contribution >= 4 is 59.4 Å². The zero-order valence-corrected chi connectivity index (χ0v) is 25.2. The van der Waals surface area contributed by atoms with Gasteiger partial charge in [0.25, 0.3) is 0 Å². The van der Waals surface area contributed by atoms with Crippen molar-refractivity contribution in [2.24, 2.45) is 11.5 Å². The van der Waals surface area contributed by atoms with Gasteiger partial charge < -0.3 is 68.7 Å². The Hall–Kier alpha value is -5.42. The maximum Gasteiger partial charge on any atom is 0.326 e. The largest absolute Gasteiger partial charge is 0.481 e. The maximum atomic E-state index is 13.0. The lowest BCUT2D eigenvalue weighted by molar-refractivity contribution is -0.145. The first-order valence-corrected chi connectivity index (χ1v) is 14.0. The van der Waals surface area contributed by atoms with E-state index in [0.717, 1.165) is 0 Å². The third-order valence-corrected chi connectivity index (χ3v) is 6.14. The van der Waals surface area contributed by atoms with E-state index in [1.807, 2.05) is 26.6 Å². The number of carboxylic acid groups (broad SMARTS) is 5. The fraction of sp³-hybridized carbons (Fsp3) is 0.600. The molecule has 0 aliphatic carbocycles. The molecule has 0 aliphatic heterocycles. The normalized spacial score (nSPS) is 14.4. The maximum absolute atomic E-state index is 13.0. The molecular weight excluding hydrogens is 654 g/mol. The summed E-state index contributed by atoms with van der Waals surface area (Å²) in [6, 6.07) is -11.4. The fourth-order valence-electron chi connectivity index (χ4n) is 3.74. The minimum absolute atomic E-state index is 0.119. The smallest absolute Gasteiger partial charge is 0.326 e. The number of hydrogen-bond acceptors (Lipinski definition) is 13. The highest BCUT2D eigenvalue weighted by Crippen LogP contribution is 2.06. The molecule has 23 heteroatoms. The summed E-state index contributed by atoms with van der Waals surface area (Å²) in [5.41, 5.74) is 10.7. The van der Waals surface area contributed by atoms with Crippen LogP contribution in [-0.4, -0.2) is 139 Å². The van der Waals surface area contributed by atoms with Crippen LogP contribution in [0.15, 0.2) is 0 Å². The Morgan fingerprint density at radius 3 is 1.02 bits per heavy atom. The molecule has 15 N–H and O–H groups in total. The van der Waals surface area contributed by atoms with Crippen LogP contribution in [-0.2, 0) is 47.9 Å². The summed E-state index contributed by atoms with van der Waals surface area (Å²) < 4.78 is 0. The predicted octanol–water partition coefficient (Wildman–Crippen LogP) is -6.16. The number of nitrogens with two attached hydrogens (primary N) is 2. The number of carbonyl (C=O) groups is 10. The summed E-state index contributed by atoms with van der Waals surface area (Å²) in [5, 5.41) is 64.8. The van der Waals surface area contributed by atoms with Gasteiger partial charge in [0.1, 0.15) is 36.3 Å². The summed E-state index contributed by atoms with van der Waals surface area (Å²) in [6.07, 6.45) is -4.18. The molecular formula is C25H39N7O16. The molecule has 0 fully saturated rings. The van der Waals surface area contributed by atoms with Gasteiger partial charge in [-0.1, -0.05) is 0 Å². The van der Waals surface area contributed by atoms with Gasteiger partial charge in [-0.3, -0.25) is 43.2 Å². The number of unbranched alkanes of at least 4 members (excludes halogenated alkanes) is 1. The van der Waals surface area contributed by atoms with Crippen molar-refractivity contribution in [1.29, 1.82) is 0 Å². The molecule has 270 valence electrons. The number of hydrogen-bond donors (Lipinski definition) is 13. The van der Waals surface area contributed by atoms with E-state index in [0.29, 0.717) is 6.42 Å². The van der Waals surface area contributed by atoms with Crippen molar-refractivity contribution in [2.75, 3.05) is 13.2 Å². The molecule has 0 bridgehead atoms. The summed E-state index contributed by atoms with van der Waals surface area (Å²) >= 11 is 0. The summed E-state index contributed by atoms with van der Waals surface area (Å²) in [7, 11) is 0. The number of carboxylic acids is 5. The van der Waals surface area contributed by atoms with Gasteiger partial charge in [0.15, 0.2) is 0 Å². The zero-order chi connectivity index (χ0) is 37.1. The van der Waals surface area contributed by atoms with Gasteiger partial charge in [0.2, 0.25) is 29.5 Å². The number of aliphatic hydroxyl groups is 1. The van der Waals surface area contributed by atoms with Crippen molar-refractivity contribution in [3.05, 3.63) is 0 Å². The van der Waals surface area contributed by atoms with Crippen LogP contribution < -0.4 is 38.1 Å². The van der Waals surface area contributed by atoms with E-state index in [9.17, 15) is 68.4 Å². The van der Waals surface area contributed by atoms with Crippen molar-refractivity contribution < 1.29 is 78.6 Å². The van der Waals surface area contributed by atoms with Crippen LogP contribution in [0.2, 0.25) is 0 Å². The van der Waals surface area contributed by atoms with Crippen molar-refractivity contribution in [3.8, 4) is 0 Å². The number of carbonyl (C=O) groups excluding carboxylic acids is 5. The Balaban J connectivity index is 6.13. The van der Waals surface area contributed by atoms with Gasteiger partial charge in [-0.05, 0) is 25.8 Å². The highest BCUT2D eigenvalue weighted by atomic mass is 16.4. The van der Waals surface area contributed by atoms with Gasteiger partial charge in [-0.25, -0.2) is 4.79 Å². The van der Waals surface area contributed by atoms with Crippen molar-refractivity contribution in [1.82, 2.24) is 26.6 Å². The molecule has 0 aromatic carbocycles. The lowest BCUT2D eigenvalue weighted by Crippen LogP contribution is -2.60. The minimum atomic E-state index is -2.15. The Labute approximate surface area is 270 Å². The second-order valence-electron chi connectivity index (χ2n) is 10.1. The van der Waals surface area contributed by atoms with Crippen LogP contribution in [0.3, 0.4) is 0 Å². The average molecular weight is 694 g/mol. The third-order valence-electron chi connectivity index (χ3n) is 6.14. The number of aliphatic carboxylic acids is 5.